The third-order valence-electron chi connectivity index (χ3n) is 5.22. The lowest BCUT2D eigenvalue weighted by molar-refractivity contribution is 0.185. The summed E-state index contributed by atoms with van der Waals surface area (Å²) in [6.45, 7) is 2.55. The minimum Gasteiger partial charge on any atom is -0.419 e. The van der Waals surface area contributed by atoms with Gasteiger partial charge in [-0.25, -0.2) is 0 Å². The zero-order chi connectivity index (χ0) is 18.9. The first-order chi connectivity index (χ1) is 13.8. The van der Waals surface area contributed by atoms with Gasteiger partial charge in [0.05, 0.1) is 17.1 Å². The molecule has 0 radical (unpaired) electrons. The Morgan fingerprint density at radius 3 is 2.64 bits per heavy atom. The van der Waals surface area contributed by atoms with E-state index < -0.39 is 0 Å². The van der Waals surface area contributed by atoms with Crippen LogP contribution < -0.4 is 0 Å². The quantitative estimate of drug-likeness (QED) is 0.524. The smallest absolute Gasteiger partial charge is 0.249 e. The molecule has 142 valence electrons. The lowest BCUT2D eigenvalue weighted by Crippen LogP contribution is -2.33. The van der Waals surface area contributed by atoms with E-state index in [9.17, 15) is 0 Å². The van der Waals surface area contributed by atoms with Crippen molar-refractivity contribution in [3.63, 3.8) is 0 Å². The fourth-order valence-electron chi connectivity index (χ4n) is 3.74. The van der Waals surface area contributed by atoms with Gasteiger partial charge in [-0.05, 0) is 50.2 Å². The number of nitrogens with zero attached hydrogens (tertiary/aromatic N) is 6. The highest BCUT2D eigenvalue weighted by Crippen LogP contribution is 2.29. The van der Waals surface area contributed by atoms with Crippen molar-refractivity contribution in [2.24, 2.45) is 0 Å². The summed E-state index contributed by atoms with van der Waals surface area (Å²) < 4.78 is 7.93. The molecule has 0 saturated carbocycles. The van der Waals surface area contributed by atoms with Crippen molar-refractivity contribution >= 4 is 17.2 Å². The Labute approximate surface area is 167 Å². The number of halogens is 1. The molecule has 4 heterocycles. The molecule has 8 heteroatoms. The standard InChI is InChI=1S/C20H19ClN6O/c21-16-6-2-1-5-15(16)20-25-23-18(28-20)13-26-11-8-14(9-12-26)19-24-22-17-7-3-4-10-27(17)19/h1-7,10,14H,8-9,11-13H2. The van der Waals surface area contributed by atoms with Crippen molar-refractivity contribution in [3.8, 4) is 11.5 Å². The normalized spacial score (nSPS) is 16.0. The summed E-state index contributed by atoms with van der Waals surface area (Å²) in [5, 5.41) is 17.6. The van der Waals surface area contributed by atoms with Crippen LogP contribution in [0.15, 0.2) is 53.1 Å². The van der Waals surface area contributed by atoms with Crippen molar-refractivity contribution in [1.29, 1.82) is 0 Å². The zero-order valence-corrected chi connectivity index (χ0v) is 16.0. The number of hydrogen-bond donors (Lipinski definition) is 0. The van der Waals surface area contributed by atoms with Crippen LogP contribution in [0.4, 0.5) is 0 Å². The van der Waals surface area contributed by atoms with Gasteiger partial charge in [-0.3, -0.25) is 9.30 Å². The van der Waals surface area contributed by atoms with Crippen LogP contribution in [0.1, 0.15) is 30.5 Å². The van der Waals surface area contributed by atoms with Gasteiger partial charge in [0.15, 0.2) is 5.65 Å². The van der Waals surface area contributed by atoms with E-state index in [-0.39, 0.29) is 0 Å². The SMILES string of the molecule is Clc1ccccc1-c1nnc(CN2CCC(c3nnc4ccccn34)CC2)o1. The van der Waals surface area contributed by atoms with Crippen LogP contribution in [0.2, 0.25) is 5.02 Å². The van der Waals surface area contributed by atoms with E-state index >= 15 is 0 Å². The number of fused-ring (bicyclic) bond motifs is 1. The number of rotatable bonds is 4. The third-order valence-corrected chi connectivity index (χ3v) is 5.55. The number of piperidine rings is 1. The van der Waals surface area contributed by atoms with E-state index in [1.165, 1.54) is 0 Å². The van der Waals surface area contributed by atoms with Crippen molar-refractivity contribution in [1.82, 2.24) is 29.7 Å². The van der Waals surface area contributed by atoms with Gasteiger partial charge in [0, 0.05) is 12.1 Å². The molecule has 28 heavy (non-hydrogen) atoms. The summed E-state index contributed by atoms with van der Waals surface area (Å²) in [6, 6.07) is 13.5. The molecule has 7 nitrogen and oxygen atoms in total. The number of aromatic nitrogens is 5. The third kappa shape index (κ3) is 3.27. The van der Waals surface area contributed by atoms with Gasteiger partial charge in [-0.15, -0.1) is 20.4 Å². The van der Waals surface area contributed by atoms with Crippen LogP contribution in [-0.2, 0) is 6.54 Å². The second-order valence-electron chi connectivity index (χ2n) is 7.02. The maximum absolute atomic E-state index is 6.22. The molecular formula is C20H19ClN6O. The van der Waals surface area contributed by atoms with Gasteiger partial charge < -0.3 is 4.42 Å². The Balaban J connectivity index is 1.24. The molecule has 5 rings (SSSR count). The maximum Gasteiger partial charge on any atom is 0.249 e. The molecule has 0 bridgehead atoms. The zero-order valence-electron chi connectivity index (χ0n) is 15.2. The highest BCUT2D eigenvalue weighted by Gasteiger charge is 2.25. The first-order valence-corrected chi connectivity index (χ1v) is 9.75. The van der Waals surface area contributed by atoms with Crippen LogP contribution in [0.5, 0.6) is 0 Å². The average Bonchev–Trinajstić information content (AvgIpc) is 3.36. The van der Waals surface area contributed by atoms with Crippen LogP contribution in [0.3, 0.4) is 0 Å². The molecule has 3 aromatic heterocycles. The summed E-state index contributed by atoms with van der Waals surface area (Å²) in [4.78, 5) is 2.34. The molecule has 1 aromatic carbocycles. The molecule has 1 saturated heterocycles. The van der Waals surface area contributed by atoms with Gasteiger partial charge in [0.25, 0.3) is 0 Å². The molecule has 4 aromatic rings. The Morgan fingerprint density at radius 2 is 1.79 bits per heavy atom. The Hall–Kier alpha value is -2.77. The average molecular weight is 395 g/mol. The van der Waals surface area contributed by atoms with Crippen molar-refractivity contribution in [3.05, 3.63) is 65.4 Å². The molecule has 1 aliphatic heterocycles. The highest BCUT2D eigenvalue weighted by atomic mass is 35.5. The van der Waals surface area contributed by atoms with Gasteiger partial charge in [-0.2, -0.15) is 0 Å². The number of benzene rings is 1. The lowest BCUT2D eigenvalue weighted by atomic mass is 9.96. The monoisotopic (exact) mass is 394 g/mol. The topological polar surface area (TPSA) is 72.4 Å². The Morgan fingerprint density at radius 1 is 0.964 bits per heavy atom. The fourth-order valence-corrected chi connectivity index (χ4v) is 3.96. The molecule has 0 spiro atoms. The van der Waals surface area contributed by atoms with E-state index in [2.05, 4.69) is 29.7 Å². The predicted octanol–water partition coefficient (Wildman–Crippen LogP) is 3.81. The van der Waals surface area contributed by atoms with Crippen molar-refractivity contribution < 1.29 is 4.42 Å². The predicted molar refractivity (Wildman–Crippen MR) is 105 cm³/mol. The van der Waals surface area contributed by atoms with Crippen molar-refractivity contribution in [2.75, 3.05) is 13.1 Å². The highest BCUT2D eigenvalue weighted by molar-refractivity contribution is 6.33. The molecule has 1 fully saturated rings. The lowest BCUT2D eigenvalue weighted by Gasteiger charge is -2.30. The number of likely N-dealkylation sites (tertiary alicyclic amines) is 1. The molecular weight excluding hydrogens is 376 g/mol. The van der Waals surface area contributed by atoms with Crippen LogP contribution >= 0.6 is 11.6 Å². The summed E-state index contributed by atoms with van der Waals surface area (Å²) in [6.07, 6.45) is 4.09. The maximum atomic E-state index is 6.22. The molecule has 0 unspecified atom stereocenters. The van der Waals surface area contributed by atoms with Crippen LogP contribution in [0, 0.1) is 0 Å². The molecule has 0 N–H and O–H groups in total. The van der Waals surface area contributed by atoms with E-state index in [4.69, 9.17) is 16.0 Å². The van der Waals surface area contributed by atoms with E-state index in [0.29, 0.717) is 29.3 Å². The first kappa shape index (κ1) is 17.3. The van der Waals surface area contributed by atoms with Gasteiger partial charge in [0.2, 0.25) is 11.8 Å². The molecule has 0 atom stereocenters. The minimum atomic E-state index is 0.412. The second-order valence-corrected chi connectivity index (χ2v) is 7.43. The summed E-state index contributed by atoms with van der Waals surface area (Å²) in [7, 11) is 0. The molecule has 1 aliphatic rings. The summed E-state index contributed by atoms with van der Waals surface area (Å²) >= 11 is 6.22. The second kappa shape index (κ2) is 7.33. The van der Waals surface area contributed by atoms with Gasteiger partial charge in [-0.1, -0.05) is 29.8 Å². The van der Waals surface area contributed by atoms with Gasteiger partial charge >= 0.3 is 0 Å². The first-order valence-electron chi connectivity index (χ1n) is 9.37. The number of pyridine rings is 1. The summed E-state index contributed by atoms with van der Waals surface area (Å²) in [5.74, 6) is 2.54. The van der Waals surface area contributed by atoms with E-state index in [1.807, 2.05) is 48.7 Å². The van der Waals surface area contributed by atoms with E-state index in [0.717, 1.165) is 43.0 Å². The minimum absolute atomic E-state index is 0.412. The largest absolute Gasteiger partial charge is 0.419 e. The van der Waals surface area contributed by atoms with Crippen LogP contribution in [-0.4, -0.2) is 42.8 Å². The Bertz CT molecular complexity index is 1100. The number of hydrogen-bond acceptors (Lipinski definition) is 6. The molecule has 0 amide bonds. The summed E-state index contributed by atoms with van der Waals surface area (Å²) in [5.41, 5.74) is 1.67. The van der Waals surface area contributed by atoms with E-state index in [1.54, 1.807) is 0 Å². The Kier molecular flexibility index (Phi) is 4.54. The van der Waals surface area contributed by atoms with Crippen LogP contribution in [0.25, 0.3) is 17.1 Å². The van der Waals surface area contributed by atoms with Gasteiger partial charge in [0.1, 0.15) is 5.82 Å². The fraction of sp³-hybridized carbons (Fsp3) is 0.300. The molecule has 0 aliphatic carbocycles. The van der Waals surface area contributed by atoms with Crippen molar-refractivity contribution in [2.45, 2.75) is 25.3 Å².